The van der Waals surface area contributed by atoms with Gasteiger partial charge in [-0.05, 0) is 12.1 Å². The van der Waals surface area contributed by atoms with Gasteiger partial charge in [-0.3, -0.25) is 9.78 Å². The molecule has 104 valence electrons. The Morgan fingerprint density at radius 1 is 1.10 bits per heavy atom. The number of halogens is 3. The normalized spacial score (nSPS) is 11.2. The summed E-state index contributed by atoms with van der Waals surface area (Å²) in [5, 5.41) is 2.24. The van der Waals surface area contributed by atoms with E-state index in [-0.39, 0.29) is 5.69 Å². The first-order chi connectivity index (χ1) is 9.46. The molecule has 1 N–H and O–H groups in total. The van der Waals surface area contributed by atoms with Crippen molar-refractivity contribution in [3.63, 3.8) is 0 Å². The average Bonchev–Trinajstić information content (AvgIpc) is 2.38. The van der Waals surface area contributed by atoms with Gasteiger partial charge < -0.3 is 5.32 Å². The van der Waals surface area contributed by atoms with E-state index in [2.05, 4.69) is 10.3 Å². The van der Waals surface area contributed by atoms with Gasteiger partial charge in [0.05, 0.1) is 11.4 Å². The van der Waals surface area contributed by atoms with Crippen LogP contribution in [-0.2, 0) is 4.79 Å². The first-order valence-corrected chi connectivity index (χ1v) is 5.83. The first-order valence-electron chi connectivity index (χ1n) is 5.83. The Morgan fingerprint density at radius 3 is 2.45 bits per heavy atom. The molecule has 2 aromatic rings. The van der Waals surface area contributed by atoms with Crippen LogP contribution < -0.4 is 5.32 Å². The lowest BCUT2D eigenvalue weighted by atomic mass is 10.1. The lowest BCUT2D eigenvalue weighted by Crippen LogP contribution is -2.21. The van der Waals surface area contributed by atoms with Crippen LogP contribution in [-0.4, -0.2) is 17.1 Å². The third-order valence-electron chi connectivity index (χ3n) is 2.49. The molecular formula is C14H11F3N2O. The molecule has 0 aliphatic carbocycles. The maximum Gasteiger partial charge on any atom is 0.397 e. The van der Waals surface area contributed by atoms with Gasteiger partial charge in [-0.1, -0.05) is 30.3 Å². The summed E-state index contributed by atoms with van der Waals surface area (Å²) in [6.07, 6.45) is -4.53. The van der Waals surface area contributed by atoms with Crippen LogP contribution >= 0.6 is 0 Å². The Hall–Kier alpha value is -2.37. The monoisotopic (exact) mass is 280 g/mol. The van der Waals surface area contributed by atoms with E-state index in [0.717, 1.165) is 5.56 Å². The lowest BCUT2D eigenvalue weighted by molar-refractivity contribution is -0.150. The van der Waals surface area contributed by atoms with E-state index >= 15 is 0 Å². The minimum absolute atomic E-state index is 0.257. The predicted octanol–water partition coefficient (Wildman–Crippen LogP) is 3.64. The number of nitrogens with one attached hydrogen (secondary N) is 1. The molecule has 6 heteroatoms. The van der Waals surface area contributed by atoms with Crippen LogP contribution in [0.1, 0.15) is 6.42 Å². The van der Waals surface area contributed by atoms with Crippen LogP contribution in [0.4, 0.5) is 18.9 Å². The highest BCUT2D eigenvalue weighted by Crippen LogP contribution is 2.26. The Labute approximate surface area is 113 Å². The number of hydrogen-bond acceptors (Lipinski definition) is 2. The van der Waals surface area contributed by atoms with Gasteiger partial charge in [0.1, 0.15) is 6.42 Å². The summed E-state index contributed by atoms with van der Waals surface area (Å²) in [5.41, 5.74) is 1.41. The highest BCUT2D eigenvalue weighted by molar-refractivity contribution is 5.94. The number of anilines is 1. The molecule has 2 rings (SSSR count). The third kappa shape index (κ3) is 3.81. The number of amides is 1. The molecular weight excluding hydrogens is 269 g/mol. The number of nitrogens with zero attached hydrogens (tertiary/aromatic N) is 1. The Bertz CT molecular complexity index is 597. The van der Waals surface area contributed by atoms with Crippen molar-refractivity contribution >= 4 is 11.6 Å². The van der Waals surface area contributed by atoms with Gasteiger partial charge in [-0.2, -0.15) is 13.2 Å². The zero-order valence-corrected chi connectivity index (χ0v) is 10.3. The van der Waals surface area contributed by atoms with Gasteiger partial charge in [-0.25, -0.2) is 0 Å². The highest BCUT2D eigenvalue weighted by Gasteiger charge is 2.31. The molecule has 1 amide bonds. The van der Waals surface area contributed by atoms with Crippen LogP contribution in [0.25, 0.3) is 11.3 Å². The van der Waals surface area contributed by atoms with Gasteiger partial charge in [-0.15, -0.1) is 0 Å². The molecule has 0 spiro atoms. The largest absolute Gasteiger partial charge is 0.397 e. The van der Waals surface area contributed by atoms with E-state index in [1.165, 1.54) is 12.3 Å². The maximum absolute atomic E-state index is 12.2. The zero-order chi connectivity index (χ0) is 14.6. The Kier molecular flexibility index (Phi) is 4.02. The molecule has 0 aliphatic rings. The summed E-state index contributed by atoms with van der Waals surface area (Å²) in [6, 6.07) is 12.0. The summed E-state index contributed by atoms with van der Waals surface area (Å²) in [6.45, 7) is 0. The topological polar surface area (TPSA) is 42.0 Å². The van der Waals surface area contributed by atoms with Crippen LogP contribution in [0.15, 0.2) is 48.7 Å². The summed E-state index contributed by atoms with van der Waals surface area (Å²) in [7, 11) is 0. The molecule has 0 aliphatic heterocycles. The quantitative estimate of drug-likeness (QED) is 0.932. The molecule has 3 nitrogen and oxygen atoms in total. The van der Waals surface area contributed by atoms with E-state index < -0.39 is 18.5 Å². The minimum Gasteiger partial charge on any atom is -0.324 e. The average molecular weight is 280 g/mol. The predicted molar refractivity (Wildman–Crippen MR) is 69.0 cm³/mol. The van der Waals surface area contributed by atoms with E-state index in [4.69, 9.17) is 0 Å². The highest BCUT2D eigenvalue weighted by atomic mass is 19.4. The standard InChI is InChI=1S/C14H11F3N2O/c15-14(16,17)9-12(20)19-11-7-4-8-18-13(11)10-5-2-1-3-6-10/h1-8H,9H2,(H,19,20). The van der Waals surface area contributed by atoms with Crippen molar-refractivity contribution in [2.24, 2.45) is 0 Å². The summed E-state index contributed by atoms with van der Waals surface area (Å²) >= 11 is 0. The van der Waals surface area contributed by atoms with Crippen molar-refractivity contribution in [2.45, 2.75) is 12.6 Å². The molecule has 0 unspecified atom stereocenters. The third-order valence-corrected chi connectivity index (χ3v) is 2.49. The van der Waals surface area contributed by atoms with Gasteiger partial charge in [0.2, 0.25) is 5.91 Å². The molecule has 0 radical (unpaired) electrons. The van der Waals surface area contributed by atoms with Gasteiger partial charge in [0.15, 0.2) is 0 Å². The van der Waals surface area contributed by atoms with E-state index in [0.29, 0.717) is 5.69 Å². The van der Waals surface area contributed by atoms with Crippen molar-refractivity contribution in [1.82, 2.24) is 4.98 Å². The number of aromatic nitrogens is 1. The molecule has 1 aromatic carbocycles. The molecule has 0 bridgehead atoms. The molecule has 1 aromatic heterocycles. The Morgan fingerprint density at radius 2 is 1.80 bits per heavy atom. The van der Waals surface area contributed by atoms with Crippen LogP contribution in [0.5, 0.6) is 0 Å². The van der Waals surface area contributed by atoms with Gasteiger partial charge in [0.25, 0.3) is 0 Å². The van der Waals surface area contributed by atoms with E-state index in [1.807, 2.05) is 6.07 Å². The molecule has 20 heavy (non-hydrogen) atoms. The van der Waals surface area contributed by atoms with Crippen LogP contribution in [0, 0.1) is 0 Å². The fourth-order valence-electron chi connectivity index (χ4n) is 1.71. The zero-order valence-electron chi connectivity index (χ0n) is 10.3. The van der Waals surface area contributed by atoms with Crippen molar-refractivity contribution in [1.29, 1.82) is 0 Å². The second-order valence-electron chi connectivity index (χ2n) is 4.11. The number of pyridine rings is 1. The smallest absolute Gasteiger partial charge is 0.324 e. The summed E-state index contributed by atoms with van der Waals surface area (Å²) in [5.74, 6) is -1.11. The van der Waals surface area contributed by atoms with Gasteiger partial charge >= 0.3 is 6.18 Å². The summed E-state index contributed by atoms with van der Waals surface area (Å²) in [4.78, 5) is 15.5. The van der Waals surface area contributed by atoms with Crippen molar-refractivity contribution < 1.29 is 18.0 Å². The molecule has 0 saturated carbocycles. The van der Waals surface area contributed by atoms with Crippen molar-refractivity contribution in [3.8, 4) is 11.3 Å². The number of hydrogen-bond donors (Lipinski definition) is 1. The molecule has 0 fully saturated rings. The van der Waals surface area contributed by atoms with E-state index in [9.17, 15) is 18.0 Å². The number of carbonyl (C=O) groups is 1. The Balaban J connectivity index is 2.23. The number of alkyl halides is 3. The second-order valence-corrected chi connectivity index (χ2v) is 4.11. The number of benzene rings is 1. The van der Waals surface area contributed by atoms with Gasteiger partial charge in [0, 0.05) is 11.8 Å². The fraction of sp³-hybridized carbons (Fsp3) is 0.143. The summed E-state index contributed by atoms with van der Waals surface area (Å²) < 4.78 is 36.5. The van der Waals surface area contributed by atoms with Crippen molar-refractivity contribution in [2.75, 3.05) is 5.32 Å². The molecule has 1 heterocycles. The molecule has 0 atom stereocenters. The minimum atomic E-state index is -4.53. The molecule has 0 saturated heterocycles. The first kappa shape index (κ1) is 14.0. The number of carbonyl (C=O) groups excluding carboxylic acids is 1. The SMILES string of the molecule is O=C(CC(F)(F)F)Nc1cccnc1-c1ccccc1. The maximum atomic E-state index is 12.2. The van der Waals surface area contributed by atoms with Crippen LogP contribution in [0.2, 0.25) is 0 Å². The van der Waals surface area contributed by atoms with Crippen molar-refractivity contribution in [3.05, 3.63) is 48.7 Å². The van der Waals surface area contributed by atoms with Crippen LogP contribution in [0.3, 0.4) is 0 Å². The lowest BCUT2D eigenvalue weighted by Gasteiger charge is -2.11. The second kappa shape index (κ2) is 5.73. The fourth-order valence-corrected chi connectivity index (χ4v) is 1.71. The van der Waals surface area contributed by atoms with E-state index in [1.54, 1.807) is 30.3 Å². The number of rotatable bonds is 3.